The maximum atomic E-state index is 13.2. The zero-order valence-electron chi connectivity index (χ0n) is 10.2. The van der Waals surface area contributed by atoms with Crippen LogP contribution < -0.4 is 5.32 Å². The molecule has 1 aromatic carbocycles. The summed E-state index contributed by atoms with van der Waals surface area (Å²) in [6.07, 6.45) is 1.70. The van der Waals surface area contributed by atoms with Crippen molar-refractivity contribution in [3.05, 3.63) is 40.4 Å². The number of halogens is 2. The van der Waals surface area contributed by atoms with Crippen LogP contribution in [0.2, 0.25) is 0 Å². The third-order valence-corrected chi connectivity index (χ3v) is 3.07. The Labute approximate surface area is 113 Å². The van der Waals surface area contributed by atoms with Crippen molar-refractivity contribution in [2.45, 2.75) is 26.4 Å². The molecule has 0 saturated heterocycles. The van der Waals surface area contributed by atoms with Crippen molar-refractivity contribution in [3.8, 4) is 5.69 Å². The van der Waals surface area contributed by atoms with Gasteiger partial charge >= 0.3 is 0 Å². The van der Waals surface area contributed by atoms with E-state index in [-0.39, 0.29) is 5.82 Å². The summed E-state index contributed by atoms with van der Waals surface area (Å²) in [6, 6.07) is 5.14. The lowest BCUT2D eigenvalue weighted by Gasteiger charge is -2.10. The molecule has 18 heavy (non-hydrogen) atoms. The molecule has 0 aliphatic heterocycles. The highest BCUT2D eigenvalue weighted by atomic mass is 79.9. The van der Waals surface area contributed by atoms with E-state index in [1.165, 1.54) is 6.07 Å². The van der Waals surface area contributed by atoms with Gasteiger partial charge in [-0.3, -0.25) is 0 Å². The molecule has 6 heteroatoms. The third-order valence-electron chi connectivity index (χ3n) is 2.46. The second kappa shape index (κ2) is 5.58. The molecule has 0 fully saturated rings. The van der Waals surface area contributed by atoms with E-state index in [1.807, 2.05) is 0 Å². The normalized spacial score (nSPS) is 11.2. The predicted molar refractivity (Wildman–Crippen MR) is 71.0 cm³/mol. The lowest BCUT2D eigenvalue weighted by atomic mass is 10.3. The molecule has 96 valence electrons. The Morgan fingerprint density at radius 2 is 2.22 bits per heavy atom. The number of rotatable bonds is 4. The molecule has 0 amide bonds. The first kappa shape index (κ1) is 13.2. The van der Waals surface area contributed by atoms with Gasteiger partial charge < -0.3 is 5.32 Å². The monoisotopic (exact) mass is 312 g/mol. The fourth-order valence-electron chi connectivity index (χ4n) is 1.52. The van der Waals surface area contributed by atoms with Crippen LogP contribution in [-0.4, -0.2) is 21.0 Å². The van der Waals surface area contributed by atoms with Gasteiger partial charge in [0.05, 0.1) is 22.1 Å². The molecule has 2 aromatic rings. The summed E-state index contributed by atoms with van der Waals surface area (Å²) in [5.74, 6) is -0.291. The smallest absolute Gasteiger partial charge is 0.137 e. The molecule has 1 N–H and O–H groups in total. The fourth-order valence-corrected chi connectivity index (χ4v) is 1.89. The second-order valence-corrected chi connectivity index (χ2v) is 5.13. The molecule has 0 saturated carbocycles. The van der Waals surface area contributed by atoms with E-state index < -0.39 is 0 Å². The van der Waals surface area contributed by atoms with Gasteiger partial charge in [0.1, 0.15) is 5.82 Å². The maximum absolute atomic E-state index is 13.2. The van der Waals surface area contributed by atoms with Crippen LogP contribution in [0.4, 0.5) is 4.39 Å². The molecular weight excluding hydrogens is 299 g/mol. The Morgan fingerprint density at radius 3 is 2.89 bits per heavy atom. The molecule has 0 radical (unpaired) electrons. The first-order valence-corrected chi connectivity index (χ1v) is 6.45. The van der Waals surface area contributed by atoms with Crippen LogP contribution in [0.25, 0.3) is 5.69 Å². The van der Waals surface area contributed by atoms with Crippen molar-refractivity contribution in [1.82, 2.24) is 20.3 Å². The fraction of sp³-hybridized carbons (Fsp3) is 0.333. The van der Waals surface area contributed by atoms with Crippen LogP contribution in [0.1, 0.15) is 19.5 Å². The average molecular weight is 313 g/mol. The van der Waals surface area contributed by atoms with Gasteiger partial charge in [0, 0.05) is 12.6 Å². The highest BCUT2D eigenvalue weighted by molar-refractivity contribution is 9.10. The molecule has 0 aliphatic carbocycles. The number of nitrogens with one attached hydrogen (secondary N) is 1. The molecule has 2 rings (SSSR count). The van der Waals surface area contributed by atoms with E-state index in [0.29, 0.717) is 17.1 Å². The van der Waals surface area contributed by atoms with Gasteiger partial charge in [-0.1, -0.05) is 19.1 Å². The Hall–Kier alpha value is -1.27. The summed E-state index contributed by atoms with van der Waals surface area (Å²) in [4.78, 5) is 0. The summed E-state index contributed by atoms with van der Waals surface area (Å²) in [5, 5.41) is 11.2. The van der Waals surface area contributed by atoms with Crippen molar-refractivity contribution in [3.63, 3.8) is 0 Å². The number of nitrogens with zero attached hydrogens (tertiary/aromatic N) is 3. The van der Waals surface area contributed by atoms with Crippen molar-refractivity contribution in [2.24, 2.45) is 0 Å². The average Bonchev–Trinajstić information content (AvgIpc) is 2.78. The first-order valence-electron chi connectivity index (χ1n) is 5.66. The van der Waals surface area contributed by atoms with E-state index in [2.05, 4.69) is 45.4 Å². The first-order chi connectivity index (χ1) is 8.58. The predicted octanol–water partition coefficient (Wildman–Crippen LogP) is 2.67. The summed E-state index contributed by atoms with van der Waals surface area (Å²) < 4.78 is 15.3. The number of hydrogen-bond donors (Lipinski definition) is 1. The van der Waals surface area contributed by atoms with E-state index in [9.17, 15) is 4.39 Å². The zero-order valence-corrected chi connectivity index (χ0v) is 11.8. The molecule has 1 heterocycles. The topological polar surface area (TPSA) is 42.7 Å². The number of benzene rings is 1. The molecular formula is C12H14BrFN4. The Balaban J connectivity index is 2.27. The van der Waals surface area contributed by atoms with Crippen molar-refractivity contribution < 1.29 is 4.39 Å². The Bertz CT molecular complexity index is 539. The summed E-state index contributed by atoms with van der Waals surface area (Å²) in [7, 11) is 0. The second-order valence-electron chi connectivity index (χ2n) is 4.27. The minimum Gasteiger partial charge on any atom is -0.309 e. The molecule has 0 spiro atoms. The zero-order chi connectivity index (χ0) is 13.1. The van der Waals surface area contributed by atoms with Gasteiger partial charge in [0.2, 0.25) is 0 Å². The van der Waals surface area contributed by atoms with Crippen LogP contribution in [0.5, 0.6) is 0 Å². The highest BCUT2D eigenvalue weighted by Crippen LogP contribution is 2.19. The van der Waals surface area contributed by atoms with Crippen LogP contribution in [0.15, 0.2) is 28.9 Å². The molecule has 4 nitrogen and oxygen atoms in total. The van der Waals surface area contributed by atoms with E-state index >= 15 is 0 Å². The largest absolute Gasteiger partial charge is 0.309 e. The van der Waals surface area contributed by atoms with Crippen LogP contribution in [-0.2, 0) is 6.54 Å². The molecule has 0 atom stereocenters. The van der Waals surface area contributed by atoms with Gasteiger partial charge in [-0.15, -0.1) is 5.10 Å². The van der Waals surface area contributed by atoms with E-state index in [0.717, 1.165) is 11.4 Å². The number of hydrogen-bond acceptors (Lipinski definition) is 3. The summed E-state index contributed by atoms with van der Waals surface area (Å²) in [5.41, 5.74) is 1.71. The SMILES string of the molecule is CC(C)NCc1cnnn1-c1ccc(F)c(Br)c1. The third kappa shape index (κ3) is 2.94. The molecule has 1 aromatic heterocycles. The van der Waals surface area contributed by atoms with E-state index in [1.54, 1.807) is 23.0 Å². The van der Waals surface area contributed by atoms with Crippen molar-refractivity contribution >= 4 is 15.9 Å². The highest BCUT2D eigenvalue weighted by Gasteiger charge is 2.08. The van der Waals surface area contributed by atoms with Crippen LogP contribution in [0, 0.1) is 5.82 Å². The van der Waals surface area contributed by atoms with Gasteiger partial charge in [-0.2, -0.15) is 0 Å². The molecule has 0 bridgehead atoms. The lowest BCUT2D eigenvalue weighted by molar-refractivity contribution is 0.570. The van der Waals surface area contributed by atoms with Gasteiger partial charge in [-0.05, 0) is 34.1 Å². The maximum Gasteiger partial charge on any atom is 0.137 e. The Morgan fingerprint density at radius 1 is 1.44 bits per heavy atom. The quantitative estimate of drug-likeness (QED) is 0.944. The Kier molecular flexibility index (Phi) is 4.08. The van der Waals surface area contributed by atoms with Crippen molar-refractivity contribution in [1.29, 1.82) is 0 Å². The van der Waals surface area contributed by atoms with Gasteiger partial charge in [0.25, 0.3) is 0 Å². The molecule has 0 unspecified atom stereocenters. The summed E-state index contributed by atoms with van der Waals surface area (Å²) >= 11 is 3.17. The van der Waals surface area contributed by atoms with Crippen LogP contribution in [0.3, 0.4) is 0 Å². The van der Waals surface area contributed by atoms with Gasteiger partial charge in [-0.25, -0.2) is 9.07 Å². The minimum atomic E-state index is -0.291. The standard InChI is InChI=1S/C12H14BrFN4/c1-8(2)15-6-10-7-16-17-18(10)9-3-4-12(14)11(13)5-9/h3-5,7-8,15H,6H2,1-2H3. The number of aromatic nitrogens is 3. The van der Waals surface area contributed by atoms with Crippen molar-refractivity contribution in [2.75, 3.05) is 0 Å². The van der Waals surface area contributed by atoms with Gasteiger partial charge in [0.15, 0.2) is 0 Å². The lowest BCUT2D eigenvalue weighted by Crippen LogP contribution is -2.23. The van der Waals surface area contributed by atoms with Crippen LogP contribution >= 0.6 is 15.9 Å². The molecule has 0 aliphatic rings. The minimum absolute atomic E-state index is 0.291. The summed E-state index contributed by atoms with van der Waals surface area (Å²) in [6.45, 7) is 4.81. The van der Waals surface area contributed by atoms with E-state index in [4.69, 9.17) is 0 Å².